The van der Waals surface area contributed by atoms with Crippen LogP contribution in [0.1, 0.15) is 122 Å². The molecule has 4 saturated carbocycles. The van der Waals surface area contributed by atoms with Gasteiger partial charge in [-0.25, -0.2) is 9.59 Å². The van der Waals surface area contributed by atoms with Gasteiger partial charge in [0.05, 0.1) is 11.0 Å². The van der Waals surface area contributed by atoms with Gasteiger partial charge in [-0.2, -0.15) is 11.8 Å². The van der Waals surface area contributed by atoms with Crippen LogP contribution in [0.3, 0.4) is 0 Å². The molecule has 0 aromatic heterocycles. The molecule has 0 aliphatic heterocycles. The molecule has 7 heteroatoms. The first kappa shape index (κ1) is 36.3. The van der Waals surface area contributed by atoms with Crippen LogP contribution >= 0.6 is 11.8 Å². The van der Waals surface area contributed by atoms with E-state index in [1.807, 2.05) is 18.4 Å². The van der Waals surface area contributed by atoms with Gasteiger partial charge in [0.15, 0.2) is 0 Å². The largest absolute Gasteiger partial charge is 0.480 e. The highest BCUT2D eigenvalue weighted by atomic mass is 32.2. The second-order valence-corrected chi connectivity index (χ2v) is 18.9. The van der Waals surface area contributed by atoms with Crippen LogP contribution in [0, 0.1) is 56.7 Å². The Hall–Kier alpha value is -2.54. The molecule has 0 saturated heterocycles. The van der Waals surface area contributed by atoms with Crippen LogP contribution in [0.4, 0.5) is 0 Å². The van der Waals surface area contributed by atoms with E-state index in [2.05, 4.69) is 59.5 Å². The first-order chi connectivity index (χ1) is 23.0. The summed E-state index contributed by atoms with van der Waals surface area (Å²) in [5, 5.41) is 22.6. The lowest BCUT2D eigenvalue weighted by Crippen LogP contribution is -2.66. The Bertz CT molecular complexity index is 1550. The fourth-order valence-corrected chi connectivity index (χ4v) is 13.7. The van der Waals surface area contributed by atoms with Crippen LogP contribution in [-0.2, 0) is 9.59 Å². The van der Waals surface area contributed by atoms with Crippen molar-refractivity contribution < 1.29 is 24.6 Å². The van der Waals surface area contributed by atoms with Crippen molar-refractivity contribution >= 4 is 35.2 Å². The molecule has 1 amide bonds. The Morgan fingerprint density at radius 2 is 1.61 bits per heavy atom. The molecule has 5 aliphatic rings. The quantitative estimate of drug-likeness (QED) is 0.223. The molecule has 1 aromatic carbocycles. The molecular formula is C42H59NO5S. The lowest BCUT2D eigenvalue weighted by Gasteiger charge is -2.72. The van der Waals surface area contributed by atoms with Gasteiger partial charge in [-0.15, -0.1) is 0 Å². The zero-order chi connectivity index (χ0) is 35.7. The summed E-state index contributed by atoms with van der Waals surface area (Å²) < 4.78 is 0. The highest BCUT2D eigenvalue weighted by molar-refractivity contribution is 7.98. The molecule has 10 unspecified atom stereocenters. The van der Waals surface area contributed by atoms with Crippen LogP contribution in [0.2, 0.25) is 0 Å². The number of carboxylic acid groups (broad SMARTS) is 2. The highest BCUT2D eigenvalue weighted by Gasteiger charge is 2.71. The number of fused-ring (bicyclic) bond motifs is 7. The van der Waals surface area contributed by atoms with Gasteiger partial charge in [-0.1, -0.05) is 65.0 Å². The summed E-state index contributed by atoms with van der Waals surface area (Å²) >= 11 is 1.61. The van der Waals surface area contributed by atoms with Crippen LogP contribution in [0.5, 0.6) is 0 Å². The van der Waals surface area contributed by atoms with Crippen LogP contribution < -0.4 is 5.32 Å². The summed E-state index contributed by atoms with van der Waals surface area (Å²) in [4.78, 5) is 38.2. The van der Waals surface area contributed by atoms with Crippen molar-refractivity contribution in [3.05, 3.63) is 53.6 Å². The summed E-state index contributed by atoms with van der Waals surface area (Å²) in [7, 11) is 0. The number of nitrogens with one attached hydrogen (secondary N) is 1. The molecule has 0 heterocycles. The van der Waals surface area contributed by atoms with Crippen molar-refractivity contribution in [3.63, 3.8) is 0 Å². The molecule has 0 radical (unpaired) electrons. The number of hydrogen-bond acceptors (Lipinski definition) is 4. The molecule has 49 heavy (non-hydrogen) atoms. The number of amides is 1. The van der Waals surface area contributed by atoms with Crippen LogP contribution in [-0.4, -0.2) is 46.1 Å². The lowest BCUT2D eigenvalue weighted by molar-refractivity contribution is -0.225. The molecule has 6 nitrogen and oxygen atoms in total. The molecule has 4 fully saturated rings. The zero-order valence-electron chi connectivity index (χ0n) is 30.9. The molecule has 268 valence electrons. The molecule has 5 aliphatic carbocycles. The number of aliphatic carboxylic acids is 1. The summed E-state index contributed by atoms with van der Waals surface area (Å²) in [6.45, 7) is 19.2. The fourth-order valence-electron chi connectivity index (χ4n) is 13.2. The molecule has 10 atom stereocenters. The normalized spacial score (nSPS) is 39.7. The number of carbonyl (C=O) groups is 3. The minimum Gasteiger partial charge on any atom is -0.480 e. The van der Waals surface area contributed by atoms with Crippen LogP contribution in [0.25, 0.3) is 5.57 Å². The maximum atomic E-state index is 14.5. The van der Waals surface area contributed by atoms with E-state index < -0.39 is 23.4 Å². The third kappa shape index (κ3) is 5.37. The maximum absolute atomic E-state index is 14.5. The van der Waals surface area contributed by atoms with Gasteiger partial charge in [-0.3, -0.25) is 4.79 Å². The number of rotatable bonds is 9. The standard InChI is InChI=1S/C42H59NO5S/c1-25(2)28-15-21-42(37(48)43-31(36(46)47)18-24-49-8)23-22-40(6)30(34(28)42)13-14-33-39(5)19-16-29(26-9-11-27(12-10-26)35(44)45)38(3,4)32(39)17-20-41(33,40)7/h9-12,16,28,30-34H,1,13-15,17-24H2,2-8H3,(H,43,48)(H,44,45)(H,46,47). The average Bonchev–Trinajstić information content (AvgIpc) is 3.44. The number of hydrogen-bond donors (Lipinski definition) is 3. The summed E-state index contributed by atoms with van der Waals surface area (Å²) in [6.07, 6.45) is 14.1. The summed E-state index contributed by atoms with van der Waals surface area (Å²) in [5.41, 5.74) is 3.72. The van der Waals surface area contributed by atoms with Crippen molar-refractivity contribution in [2.75, 3.05) is 12.0 Å². The first-order valence-electron chi connectivity index (χ1n) is 18.7. The predicted octanol–water partition coefficient (Wildman–Crippen LogP) is 9.36. The van der Waals surface area contributed by atoms with E-state index in [9.17, 15) is 24.6 Å². The number of allylic oxidation sites excluding steroid dienone is 3. The molecule has 0 spiro atoms. The van der Waals surface area contributed by atoms with Crippen molar-refractivity contribution in [2.45, 2.75) is 112 Å². The minimum absolute atomic E-state index is 0.0252. The molecule has 6 rings (SSSR count). The van der Waals surface area contributed by atoms with Crippen molar-refractivity contribution in [1.82, 2.24) is 5.32 Å². The second kappa shape index (κ2) is 12.6. The van der Waals surface area contributed by atoms with Gasteiger partial charge in [0.1, 0.15) is 6.04 Å². The SMILES string of the molecule is C=C(C)C1CCC2(C(=O)NC(CCSC)C(=O)O)CCC3(C)C(CCC4C5(C)CC=C(c6ccc(C(=O)O)cc6)C(C)(C)C5CCC43C)C12. The Morgan fingerprint density at radius 3 is 2.22 bits per heavy atom. The van der Waals surface area contributed by atoms with Crippen LogP contribution in [0.15, 0.2) is 42.5 Å². The lowest BCUT2D eigenvalue weighted by atomic mass is 9.32. The van der Waals surface area contributed by atoms with E-state index in [4.69, 9.17) is 0 Å². The third-order valence-electron chi connectivity index (χ3n) is 15.8. The topological polar surface area (TPSA) is 104 Å². The van der Waals surface area contributed by atoms with Gasteiger partial charge in [0.25, 0.3) is 0 Å². The number of aromatic carboxylic acids is 1. The van der Waals surface area contributed by atoms with E-state index in [0.29, 0.717) is 35.5 Å². The van der Waals surface area contributed by atoms with Gasteiger partial charge < -0.3 is 15.5 Å². The van der Waals surface area contributed by atoms with Crippen molar-refractivity contribution in [2.24, 2.45) is 56.7 Å². The Kier molecular flexibility index (Phi) is 9.32. The number of carbonyl (C=O) groups excluding carboxylic acids is 1. The van der Waals surface area contributed by atoms with E-state index in [0.717, 1.165) is 56.9 Å². The Balaban J connectivity index is 1.33. The van der Waals surface area contributed by atoms with E-state index in [1.54, 1.807) is 23.9 Å². The maximum Gasteiger partial charge on any atom is 0.335 e. The Labute approximate surface area is 298 Å². The molecule has 1 aromatic rings. The smallest absolute Gasteiger partial charge is 0.335 e. The predicted molar refractivity (Wildman–Crippen MR) is 198 cm³/mol. The minimum atomic E-state index is -0.937. The number of thioether (sulfide) groups is 1. The van der Waals surface area contributed by atoms with E-state index in [1.165, 1.54) is 17.6 Å². The average molecular weight is 690 g/mol. The summed E-state index contributed by atoms with van der Waals surface area (Å²) in [5.74, 6) is 0.768. The van der Waals surface area contributed by atoms with Gasteiger partial charge in [0, 0.05) is 0 Å². The molecule has 3 N–H and O–H groups in total. The number of carboxylic acids is 2. The van der Waals surface area contributed by atoms with Gasteiger partial charge in [-0.05, 0) is 158 Å². The van der Waals surface area contributed by atoms with Crippen molar-refractivity contribution in [1.29, 1.82) is 0 Å². The molecular weight excluding hydrogens is 631 g/mol. The highest BCUT2D eigenvalue weighted by Crippen LogP contribution is 2.77. The zero-order valence-corrected chi connectivity index (χ0v) is 31.7. The first-order valence-corrected chi connectivity index (χ1v) is 20.1. The van der Waals surface area contributed by atoms with E-state index in [-0.39, 0.29) is 39.4 Å². The Morgan fingerprint density at radius 1 is 0.918 bits per heavy atom. The fraction of sp³-hybridized carbons (Fsp3) is 0.690. The molecule has 0 bridgehead atoms. The van der Waals surface area contributed by atoms with E-state index >= 15 is 0 Å². The van der Waals surface area contributed by atoms with Gasteiger partial charge >= 0.3 is 11.9 Å². The second-order valence-electron chi connectivity index (χ2n) is 17.9. The van der Waals surface area contributed by atoms with Crippen molar-refractivity contribution in [3.8, 4) is 0 Å². The van der Waals surface area contributed by atoms with Gasteiger partial charge in [0.2, 0.25) is 5.91 Å². The third-order valence-corrected chi connectivity index (χ3v) is 16.4. The summed E-state index contributed by atoms with van der Waals surface area (Å²) in [6, 6.07) is 6.60. The number of benzene rings is 1. The monoisotopic (exact) mass is 689 g/mol.